The second kappa shape index (κ2) is 11.7. The number of methoxy groups -OCH3 is 1. The molecular formula is C37H56O4. The van der Waals surface area contributed by atoms with Gasteiger partial charge in [0.1, 0.15) is 5.78 Å². The van der Waals surface area contributed by atoms with E-state index < -0.39 is 5.41 Å². The Kier molecular flexibility index (Phi) is 9.99. The summed E-state index contributed by atoms with van der Waals surface area (Å²) in [5.41, 5.74) is 0.119. The lowest BCUT2D eigenvalue weighted by molar-refractivity contribution is -0.192. The molecule has 0 aromatic rings. The van der Waals surface area contributed by atoms with Crippen LogP contribution in [0.3, 0.4) is 0 Å². The van der Waals surface area contributed by atoms with Crippen LogP contribution in [0.15, 0.2) is 11.6 Å². The van der Waals surface area contributed by atoms with Crippen LogP contribution in [-0.2, 0) is 19.1 Å². The lowest BCUT2D eigenvalue weighted by Gasteiger charge is -2.69. The van der Waals surface area contributed by atoms with Crippen molar-refractivity contribution in [3.05, 3.63) is 11.6 Å². The summed E-state index contributed by atoms with van der Waals surface area (Å²) in [5, 5.41) is 0. The number of ketones is 2. The fraction of sp³-hybridized carbons (Fsp3) is 0.757. The molecule has 0 spiro atoms. The van der Waals surface area contributed by atoms with Gasteiger partial charge in [-0.25, -0.2) is 0 Å². The Morgan fingerprint density at radius 3 is 1.98 bits per heavy atom. The second-order valence-electron chi connectivity index (χ2n) is 15.0. The number of esters is 1. The Labute approximate surface area is 251 Å². The minimum atomic E-state index is -0.536. The molecule has 4 saturated carbocycles. The number of allylic oxidation sites excluding steroid dienone is 2. The first-order valence-corrected chi connectivity index (χ1v) is 15.6. The maximum absolute atomic E-state index is 14.3. The maximum Gasteiger partial charge on any atom is 0.312 e. The van der Waals surface area contributed by atoms with Gasteiger partial charge in [0.25, 0.3) is 0 Å². The molecule has 1 unspecified atom stereocenters. The van der Waals surface area contributed by atoms with Gasteiger partial charge < -0.3 is 4.74 Å². The first-order valence-electron chi connectivity index (χ1n) is 15.6. The van der Waals surface area contributed by atoms with Gasteiger partial charge >= 0.3 is 5.97 Å². The Bertz CT molecular complexity index is 1100. The molecule has 0 aromatic carbocycles. The van der Waals surface area contributed by atoms with Crippen molar-refractivity contribution >= 4 is 17.5 Å². The molecule has 0 aliphatic heterocycles. The number of carbonyl (C=O) groups excluding carboxylic acids is 3. The van der Waals surface area contributed by atoms with Crippen molar-refractivity contribution in [1.82, 2.24) is 0 Å². The Hall–Kier alpha value is -2.33. The molecule has 0 bridgehead atoms. The first-order chi connectivity index (χ1) is 19.1. The minimum absolute atomic E-state index is 0.0227. The standard InChI is InChI=1S/C31H46O4.C2H6.2C2H2/c1-26(2)13-15-31(25(34)35-8)16-14-30(7)24(19(31)18-26)20(32)17-22-28(5)11-10-23(33)27(3,4)21(28)9-12-29(22,30)6;3*1-2/h17,19,21,24H,9-16,18H2,1-8H3;1-2H3;2*1-2H/t19-,21?,24-,28-,29+,30+,31-;;;/m0.../s1. The Morgan fingerprint density at radius 1 is 0.854 bits per heavy atom. The fourth-order valence-corrected chi connectivity index (χ4v) is 10.4. The van der Waals surface area contributed by atoms with E-state index >= 15 is 0 Å². The maximum atomic E-state index is 14.3. The first kappa shape index (κ1) is 34.9. The van der Waals surface area contributed by atoms with E-state index in [9.17, 15) is 14.4 Å². The van der Waals surface area contributed by atoms with Gasteiger partial charge in [0.2, 0.25) is 0 Å². The van der Waals surface area contributed by atoms with Crippen LogP contribution in [0.1, 0.15) is 120 Å². The zero-order valence-corrected chi connectivity index (χ0v) is 27.6. The Balaban J connectivity index is 0.000000921. The summed E-state index contributed by atoms with van der Waals surface area (Å²) < 4.78 is 5.42. The smallest absolute Gasteiger partial charge is 0.312 e. The van der Waals surface area contributed by atoms with Gasteiger partial charge in [-0.05, 0) is 90.9 Å². The highest BCUT2D eigenvalue weighted by Crippen LogP contribution is 2.74. The van der Waals surface area contributed by atoms with Crippen LogP contribution in [0.5, 0.6) is 0 Å². The molecule has 0 N–H and O–H groups in total. The van der Waals surface area contributed by atoms with E-state index in [-0.39, 0.29) is 56.6 Å². The molecule has 41 heavy (non-hydrogen) atoms. The number of hydrogen-bond acceptors (Lipinski definition) is 4. The Morgan fingerprint density at radius 2 is 1.41 bits per heavy atom. The van der Waals surface area contributed by atoms with E-state index in [1.807, 2.05) is 19.9 Å². The summed E-state index contributed by atoms with van der Waals surface area (Å²) >= 11 is 0. The van der Waals surface area contributed by atoms with Crippen LogP contribution in [-0.4, -0.2) is 24.6 Å². The number of terminal acetylenes is 2. The van der Waals surface area contributed by atoms with E-state index in [1.54, 1.807) is 0 Å². The molecule has 4 nitrogen and oxygen atoms in total. The molecule has 7 atom stereocenters. The van der Waals surface area contributed by atoms with Gasteiger partial charge in [-0.2, -0.15) is 0 Å². The molecular weight excluding hydrogens is 508 g/mol. The predicted octanol–water partition coefficient (Wildman–Crippen LogP) is 8.23. The minimum Gasteiger partial charge on any atom is -0.469 e. The van der Waals surface area contributed by atoms with Crippen molar-refractivity contribution in [2.75, 3.05) is 7.11 Å². The third-order valence-corrected chi connectivity index (χ3v) is 12.7. The molecule has 4 fully saturated rings. The third-order valence-electron chi connectivity index (χ3n) is 12.7. The van der Waals surface area contributed by atoms with Gasteiger partial charge in [0.15, 0.2) is 5.78 Å². The molecule has 0 amide bonds. The van der Waals surface area contributed by atoms with Gasteiger partial charge in [0, 0.05) is 17.8 Å². The van der Waals surface area contributed by atoms with Crippen molar-refractivity contribution in [2.45, 2.75) is 120 Å². The SMILES string of the molecule is C#C.C#C.CC.COC(=O)[C@]12CCC(C)(C)C[C@H]1[C@H]1C(=O)C=C3[C@@]4(C)CCC(=O)C(C)(C)C4CC[C@@]3(C)[C@]1(C)CC2. The van der Waals surface area contributed by atoms with Gasteiger partial charge in [-0.3, -0.25) is 14.4 Å². The second-order valence-corrected chi connectivity index (χ2v) is 15.0. The molecule has 228 valence electrons. The fourth-order valence-electron chi connectivity index (χ4n) is 10.4. The highest BCUT2D eigenvalue weighted by atomic mass is 16.5. The monoisotopic (exact) mass is 564 g/mol. The van der Waals surface area contributed by atoms with Crippen molar-refractivity contribution in [1.29, 1.82) is 0 Å². The summed E-state index contributed by atoms with van der Waals surface area (Å²) in [6, 6.07) is 0. The van der Waals surface area contributed by atoms with Crippen LogP contribution in [0.2, 0.25) is 0 Å². The number of fused-ring (bicyclic) bond motifs is 7. The average Bonchev–Trinajstić information content (AvgIpc) is 2.95. The molecule has 0 aromatic heterocycles. The quantitative estimate of drug-likeness (QED) is 0.238. The molecule has 5 rings (SSSR count). The largest absolute Gasteiger partial charge is 0.469 e. The predicted molar refractivity (Wildman–Crippen MR) is 168 cm³/mol. The van der Waals surface area contributed by atoms with Crippen molar-refractivity contribution in [2.24, 2.45) is 50.2 Å². The zero-order valence-electron chi connectivity index (χ0n) is 27.6. The topological polar surface area (TPSA) is 60.4 Å². The molecule has 4 heteroatoms. The summed E-state index contributed by atoms with van der Waals surface area (Å²) in [6.07, 6.45) is 25.9. The third kappa shape index (κ3) is 4.82. The van der Waals surface area contributed by atoms with E-state index in [0.29, 0.717) is 12.2 Å². The highest BCUT2D eigenvalue weighted by molar-refractivity contribution is 5.96. The summed E-state index contributed by atoms with van der Waals surface area (Å²) in [4.78, 5) is 40.6. The normalized spacial score (nSPS) is 41.2. The van der Waals surface area contributed by atoms with Crippen LogP contribution in [0.4, 0.5) is 0 Å². The van der Waals surface area contributed by atoms with Crippen LogP contribution >= 0.6 is 0 Å². The highest BCUT2D eigenvalue weighted by Gasteiger charge is 2.71. The van der Waals surface area contributed by atoms with Crippen molar-refractivity contribution in [3.8, 4) is 25.7 Å². The molecule has 0 heterocycles. The van der Waals surface area contributed by atoms with Crippen molar-refractivity contribution in [3.63, 3.8) is 0 Å². The van der Waals surface area contributed by atoms with Crippen LogP contribution in [0, 0.1) is 75.9 Å². The van der Waals surface area contributed by atoms with E-state index in [2.05, 4.69) is 74.2 Å². The zero-order chi connectivity index (χ0) is 31.8. The van der Waals surface area contributed by atoms with Gasteiger partial charge in [0.05, 0.1) is 12.5 Å². The molecule has 5 aliphatic rings. The summed E-state index contributed by atoms with van der Waals surface area (Å²) in [7, 11) is 1.51. The summed E-state index contributed by atoms with van der Waals surface area (Å²) in [6.45, 7) is 20.0. The van der Waals surface area contributed by atoms with Crippen molar-refractivity contribution < 1.29 is 19.1 Å². The number of carbonyl (C=O) groups is 3. The van der Waals surface area contributed by atoms with E-state index in [1.165, 1.54) is 12.7 Å². The van der Waals surface area contributed by atoms with Crippen LogP contribution in [0.25, 0.3) is 0 Å². The molecule has 0 saturated heterocycles. The number of hydrogen-bond donors (Lipinski definition) is 0. The average molecular weight is 565 g/mol. The van der Waals surface area contributed by atoms with Gasteiger partial charge in [-0.15, -0.1) is 25.7 Å². The molecule has 5 aliphatic carbocycles. The molecule has 0 radical (unpaired) electrons. The summed E-state index contributed by atoms with van der Waals surface area (Å²) in [5.74, 6) is 0.648. The van der Waals surface area contributed by atoms with Crippen LogP contribution < -0.4 is 0 Å². The van der Waals surface area contributed by atoms with E-state index in [4.69, 9.17) is 4.74 Å². The lowest BCUT2D eigenvalue weighted by Crippen LogP contribution is -2.66. The number of Topliss-reactive ketones (excluding diaryl/α,β-unsaturated/α-hetero) is 1. The van der Waals surface area contributed by atoms with Gasteiger partial charge in [-0.1, -0.05) is 67.9 Å². The number of ether oxygens (including phenoxy) is 1. The number of rotatable bonds is 1. The van der Waals surface area contributed by atoms with E-state index in [0.717, 1.165) is 51.4 Å². The lowest BCUT2D eigenvalue weighted by atomic mass is 9.34.